The first kappa shape index (κ1) is 25.4. The van der Waals surface area contributed by atoms with Crippen LogP contribution in [0.25, 0.3) is 0 Å². The first-order valence-electron chi connectivity index (χ1n) is 10.5. The van der Waals surface area contributed by atoms with Crippen molar-refractivity contribution in [2.24, 2.45) is 11.8 Å². The lowest BCUT2D eigenvalue weighted by atomic mass is 9.89. The number of benzene rings is 1. The molecule has 0 radical (unpaired) electrons. The molecule has 1 saturated heterocycles. The lowest BCUT2D eigenvalue weighted by Gasteiger charge is -2.29. The van der Waals surface area contributed by atoms with E-state index in [9.17, 15) is 18.0 Å². The van der Waals surface area contributed by atoms with Crippen molar-refractivity contribution in [3.8, 4) is 0 Å². The fourth-order valence-corrected chi connectivity index (χ4v) is 5.42. The number of halogens is 1. The summed E-state index contributed by atoms with van der Waals surface area (Å²) in [5.74, 6) is -1.30. The highest BCUT2D eigenvalue weighted by atomic mass is 35.5. The number of sulfonamides is 1. The molecule has 0 saturated carbocycles. The van der Waals surface area contributed by atoms with Crippen LogP contribution in [0.3, 0.4) is 0 Å². The fourth-order valence-electron chi connectivity index (χ4n) is 4.40. The van der Waals surface area contributed by atoms with Crippen LogP contribution in [-0.4, -0.2) is 66.3 Å². The predicted octanol–water partition coefficient (Wildman–Crippen LogP) is 2.73. The van der Waals surface area contributed by atoms with Crippen LogP contribution in [0, 0.1) is 11.8 Å². The molecule has 0 spiro atoms. The molecule has 2 aliphatic heterocycles. The lowest BCUT2D eigenvalue weighted by molar-refractivity contribution is -0.128. The number of rotatable bonds is 7. The molecule has 0 aliphatic carbocycles. The highest BCUT2D eigenvalue weighted by molar-refractivity contribution is 7.89. The minimum Gasteiger partial charge on any atom is -0.325 e. The van der Waals surface area contributed by atoms with Crippen LogP contribution in [0.2, 0.25) is 0 Å². The van der Waals surface area contributed by atoms with Crippen LogP contribution in [-0.2, 0) is 21.4 Å². The molecule has 0 unspecified atom stereocenters. The molecule has 9 heteroatoms. The van der Waals surface area contributed by atoms with Crippen molar-refractivity contribution in [2.75, 3.05) is 25.9 Å². The maximum Gasteiger partial charge on any atom is 0.254 e. The largest absolute Gasteiger partial charge is 0.325 e. The molecular formula is C22H32ClN3O4S. The summed E-state index contributed by atoms with van der Waals surface area (Å²) in [5.41, 5.74) is 2.09. The average molecular weight is 470 g/mol. The zero-order valence-electron chi connectivity index (χ0n) is 18.7. The molecule has 7 nitrogen and oxygen atoms in total. The van der Waals surface area contributed by atoms with Gasteiger partial charge >= 0.3 is 0 Å². The summed E-state index contributed by atoms with van der Waals surface area (Å²) < 4.78 is 25.4. The van der Waals surface area contributed by atoms with E-state index in [2.05, 4.69) is 18.7 Å². The Balaban J connectivity index is 0.00000341. The Kier molecular flexibility index (Phi) is 7.94. The first-order chi connectivity index (χ1) is 14.1. The molecule has 2 aliphatic rings. The molecular weight excluding hydrogens is 438 g/mol. The number of carbonyl (C=O) groups is 2. The maximum absolute atomic E-state index is 13.3. The molecule has 1 aromatic rings. The van der Waals surface area contributed by atoms with Crippen LogP contribution in [0.15, 0.2) is 36.0 Å². The summed E-state index contributed by atoms with van der Waals surface area (Å²) in [7, 11) is -3.74. The Bertz CT molecular complexity index is 955. The second kappa shape index (κ2) is 9.71. The summed E-state index contributed by atoms with van der Waals surface area (Å²) in [6, 6.07) is 7.00. The van der Waals surface area contributed by atoms with E-state index in [4.69, 9.17) is 0 Å². The molecule has 2 amide bonds. The SMILES string of the molecule is CCN(CC)Cc1ccc(C(=O)N2CC=C3[C@H]2[C@@H](C(C)C)C(=O)N3S(C)(=O)=O)cc1.Cl. The Morgan fingerprint density at radius 3 is 2.23 bits per heavy atom. The molecule has 2 atom stereocenters. The van der Waals surface area contributed by atoms with E-state index in [1.807, 2.05) is 38.1 Å². The van der Waals surface area contributed by atoms with Gasteiger partial charge in [0.05, 0.1) is 23.9 Å². The number of hydrogen-bond acceptors (Lipinski definition) is 5. The molecule has 0 bridgehead atoms. The van der Waals surface area contributed by atoms with Gasteiger partial charge in [0.2, 0.25) is 15.9 Å². The lowest BCUT2D eigenvalue weighted by Crippen LogP contribution is -2.42. The van der Waals surface area contributed by atoms with E-state index in [0.717, 1.165) is 35.8 Å². The zero-order chi connectivity index (χ0) is 22.2. The topological polar surface area (TPSA) is 78.0 Å². The molecule has 0 aromatic heterocycles. The minimum atomic E-state index is -3.74. The van der Waals surface area contributed by atoms with Gasteiger partial charge in [-0.25, -0.2) is 12.7 Å². The molecule has 31 heavy (non-hydrogen) atoms. The smallest absolute Gasteiger partial charge is 0.254 e. The second-order valence-electron chi connectivity index (χ2n) is 8.33. The normalized spacial score (nSPS) is 20.9. The Morgan fingerprint density at radius 2 is 1.74 bits per heavy atom. The van der Waals surface area contributed by atoms with E-state index in [1.165, 1.54) is 0 Å². The van der Waals surface area contributed by atoms with Crippen LogP contribution in [0.4, 0.5) is 0 Å². The van der Waals surface area contributed by atoms with Gasteiger partial charge in [-0.1, -0.05) is 39.8 Å². The summed E-state index contributed by atoms with van der Waals surface area (Å²) in [4.78, 5) is 30.1. The third kappa shape index (κ3) is 4.81. The highest BCUT2D eigenvalue weighted by Crippen LogP contribution is 2.41. The van der Waals surface area contributed by atoms with Gasteiger partial charge in [0.25, 0.3) is 5.91 Å². The van der Waals surface area contributed by atoms with Gasteiger partial charge in [0.1, 0.15) is 0 Å². The molecule has 2 heterocycles. The van der Waals surface area contributed by atoms with Gasteiger partial charge in [-0.05, 0) is 42.8 Å². The third-order valence-electron chi connectivity index (χ3n) is 6.01. The van der Waals surface area contributed by atoms with Crippen LogP contribution >= 0.6 is 12.4 Å². The van der Waals surface area contributed by atoms with Crippen molar-refractivity contribution in [1.82, 2.24) is 14.1 Å². The van der Waals surface area contributed by atoms with Crippen LogP contribution in [0.1, 0.15) is 43.6 Å². The van der Waals surface area contributed by atoms with Crippen molar-refractivity contribution in [3.63, 3.8) is 0 Å². The quantitative estimate of drug-likeness (QED) is 0.613. The van der Waals surface area contributed by atoms with Crippen LogP contribution in [0.5, 0.6) is 0 Å². The first-order valence-corrected chi connectivity index (χ1v) is 12.3. The molecule has 0 N–H and O–H groups in total. The molecule has 172 valence electrons. The van der Waals surface area contributed by atoms with E-state index < -0.39 is 27.9 Å². The average Bonchev–Trinajstić information content (AvgIpc) is 3.21. The standard InChI is InChI=1S/C22H31N3O4S.ClH/c1-6-23(7-2)14-16-8-10-17(11-9-16)21(26)24-13-12-18-20(24)19(15(3)4)22(27)25(18)30(5,28)29;/h8-12,15,19-20H,6-7,13-14H2,1-5H3;1H/t19-,20+;/m1./s1. The van der Waals surface area contributed by atoms with E-state index in [1.54, 1.807) is 11.0 Å². The molecule has 3 rings (SSSR count). The Morgan fingerprint density at radius 1 is 1.16 bits per heavy atom. The summed E-state index contributed by atoms with van der Waals surface area (Å²) >= 11 is 0. The van der Waals surface area contributed by atoms with Gasteiger partial charge in [-0.15, -0.1) is 12.4 Å². The summed E-state index contributed by atoms with van der Waals surface area (Å²) in [6.45, 7) is 11.0. The minimum absolute atomic E-state index is 0. The summed E-state index contributed by atoms with van der Waals surface area (Å²) in [5, 5.41) is 0. The molecule has 1 aromatic carbocycles. The van der Waals surface area contributed by atoms with E-state index in [0.29, 0.717) is 17.8 Å². The van der Waals surface area contributed by atoms with Gasteiger partial charge in [-0.2, -0.15) is 0 Å². The maximum atomic E-state index is 13.3. The third-order valence-corrected chi connectivity index (χ3v) is 7.06. The highest BCUT2D eigenvalue weighted by Gasteiger charge is 2.54. The zero-order valence-corrected chi connectivity index (χ0v) is 20.4. The van der Waals surface area contributed by atoms with Crippen molar-refractivity contribution >= 4 is 34.2 Å². The number of fused-ring (bicyclic) bond motifs is 1. The fraction of sp³-hybridized carbons (Fsp3) is 0.545. The predicted molar refractivity (Wildman–Crippen MR) is 123 cm³/mol. The summed E-state index contributed by atoms with van der Waals surface area (Å²) in [6.07, 6.45) is 2.73. The van der Waals surface area contributed by atoms with Crippen molar-refractivity contribution in [1.29, 1.82) is 0 Å². The second-order valence-corrected chi connectivity index (χ2v) is 10.2. The van der Waals surface area contributed by atoms with Crippen molar-refractivity contribution in [2.45, 2.75) is 40.3 Å². The number of hydrogen-bond donors (Lipinski definition) is 0. The van der Waals surface area contributed by atoms with Gasteiger partial charge in [0.15, 0.2) is 0 Å². The van der Waals surface area contributed by atoms with E-state index in [-0.39, 0.29) is 24.2 Å². The van der Waals surface area contributed by atoms with Gasteiger partial charge < -0.3 is 4.90 Å². The van der Waals surface area contributed by atoms with Crippen LogP contribution < -0.4 is 0 Å². The van der Waals surface area contributed by atoms with Gasteiger partial charge in [0, 0.05) is 18.7 Å². The Labute approximate surface area is 191 Å². The number of carbonyl (C=O) groups excluding carboxylic acids is 2. The molecule has 1 fully saturated rings. The van der Waals surface area contributed by atoms with Crippen molar-refractivity contribution in [3.05, 3.63) is 47.2 Å². The van der Waals surface area contributed by atoms with Gasteiger partial charge in [-0.3, -0.25) is 14.5 Å². The monoisotopic (exact) mass is 469 g/mol. The number of nitrogens with zero attached hydrogens (tertiary/aromatic N) is 3. The van der Waals surface area contributed by atoms with Crippen molar-refractivity contribution < 1.29 is 18.0 Å². The number of amides is 2. The Hall–Kier alpha value is -1.90. The van der Waals surface area contributed by atoms with E-state index >= 15 is 0 Å².